The molecular formula is C17H15BrN2O5. The van der Waals surface area contributed by atoms with Crippen LogP contribution in [0.4, 0.5) is 11.4 Å². The van der Waals surface area contributed by atoms with Gasteiger partial charge >= 0.3 is 5.97 Å². The van der Waals surface area contributed by atoms with Gasteiger partial charge in [0.1, 0.15) is 0 Å². The largest absolute Gasteiger partial charge is 0.454 e. The molecule has 7 nitrogen and oxygen atoms in total. The van der Waals surface area contributed by atoms with Crippen LogP contribution in [0.5, 0.6) is 11.5 Å². The molecular weight excluding hydrogens is 392 g/mol. The Labute approximate surface area is 152 Å². The molecule has 0 aliphatic carbocycles. The fourth-order valence-electron chi connectivity index (χ4n) is 2.20. The third-order valence-electron chi connectivity index (χ3n) is 3.53. The van der Waals surface area contributed by atoms with Gasteiger partial charge in [0.05, 0.1) is 5.56 Å². The number of nitrogens with one attached hydrogen (secondary N) is 1. The number of benzene rings is 2. The number of ether oxygens (including phenoxy) is 3. The molecule has 0 saturated heterocycles. The summed E-state index contributed by atoms with van der Waals surface area (Å²) < 4.78 is 16.3. The summed E-state index contributed by atoms with van der Waals surface area (Å²) in [5.74, 6) is 0.0138. The van der Waals surface area contributed by atoms with E-state index < -0.39 is 18.0 Å². The van der Waals surface area contributed by atoms with E-state index in [9.17, 15) is 9.59 Å². The normalized spacial score (nSPS) is 13.2. The van der Waals surface area contributed by atoms with Crippen molar-refractivity contribution in [3.63, 3.8) is 0 Å². The number of amides is 1. The molecule has 3 N–H and O–H groups in total. The molecule has 2 aromatic carbocycles. The van der Waals surface area contributed by atoms with Crippen LogP contribution in [0.1, 0.15) is 17.3 Å². The first kappa shape index (κ1) is 17.1. The van der Waals surface area contributed by atoms with Gasteiger partial charge in [-0.25, -0.2) is 4.79 Å². The summed E-state index contributed by atoms with van der Waals surface area (Å²) in [6, 6.07) is 9.84. The zero-order chi connectivity index (χ0) is 18.0. The molecule has 2 aromatic rings. The van der Waals surface area contributed by atoms with E-state index in [1.165, 1.54) is 6.92 Å². The summed E-state index contributed by atoms with van der Waals surface area (Å²) >= 11 is 3.26. The smallest absolute Gasteiger partial charge is 0.341 e. The number of hydrogen-bond donors (Lipinski definition) is 2. The van der Waals surface area contributed by atoms with Crippen molar-refractivity contribution in [2.75, 3.05) is 17.8 Å². The number of esters is 1. The maximum absolute atomic E-state index is 12.2. The quantitative estimate of drug-likeness (QED) is 0.597. The number of hydrogen-bond acceptors (Lipinski definition) is 6. The van der Waals surface area contributed by atoms with E-state index in [1.54, 1.807) is 36.4 Å². The Hall–Kier alpha value is -2.74. The van der Waals surface area contributed by atoms with Gasteiger partial charge in [-0.05, 0) is 37.3 Å². The summed E-state index contributed by atoms with van der Waals surface area (Å²) in [5, 5.41) is 2.66. The van der Waals surface area contributed by atoms with E-state index in [2.05, 4.69) is 21.2 Å². The minimum Gasteiger partial charge on any atom is -0.454 e. The first-order valence-corrected chi connectivity index (χ1v) is 8.20. The van der Waals surface area contributed by atoms with Gasteiger partial charge in [0.15, 0.2) is 17.6 Å². The second-order valence-corrected chi connectivity index (χ2v) is 6.25. The standard InChI is InChI=1S/C17H15BrN2O5/c1-9(25-17(22)12-6-10(18)2-4-13(12)19)16(21)20-11-3-5-14-15(7-11)24-8-23-14/h2-7,9H,8,19H2,1H3,(H,20,21)/t9-/m0/s1. The fraction of sp³-hybridized carbons (Fsp3) is 0.176. The minimum atomic E-state index is -1.00. The first-order valence-electron chi connectivity index (χ1n) is 7.40. The van der Waals surface area contributed by atoms with Crippen molar-refractivity contribution >= 4 is 39.2 Å². The molecule has 130 valence electrons. The Morgan fingerprint density at radius 3 is 2.76 bits per heavy atom. The van der Waals surface area contributed by atoms with Crippen LogP contribution in [-0.2, 0) is 9.53 Å². The molecule has 0 radical (unpaired) electrons. The Kier molecular flexibility index (Phi) is 4.80. The molecule has 1 amide bonds. The van der Waals surface area contributed by atoms with Crippen LogP contribution in [0.15, 0.2) is 40.9 Å². The van der Waals surface area contributed by atoms with E-state index in [0.29, 0.717) is 21.7 Å². The van der Waals surface area contributed by atoms with Crippen molar-refractivity contribution in [3.8, 4) is 11.5 Å². The summed E-state index contributed by atoms with van der Waals surface area (Å²) in [5.41, 5.74) is 6.75. The zero-order valence-corrected chi connectivity index (χ0v) is 14.8. The molecule has 0 aromatic heterocycles. The van der Waals surface area contributed by atoms with Crippen molar-refractivity contribution < 1.29 is 23.8 Å². The lowest BCUT2D eigenvalue weighted by Gasteiger charge is -2.14. The van der Waals surface area contributed by atoms with Crippen LogP contribution in [-0.4, -0.2) is 24.8 Å². The molecule has 0 saturated carbocycles. The number of carbonyl (C=O) groups excluding carboxylic acids is 2. The highest BCUT2D eigenvalue weighted by Crippen LogP contribution is 2.34. The van der Waals surface area contributed by atoms with Crippen LogP contribution in [0.3, 0.4) is 0 Å². The van der Waals surface area contributed by atoms with Crippen molar-refractivity contribution in [2.45, 2.75) is 13.0 Å². The van der Waals surface area contributed by atoms with E-state index in [4.69, 9.17) is 19.9 Å². The van der Waals surface area contributed by atoms with Gasteiger partial charge < -0.3 is 25.3 Å². The third kappa shape index (κ3) is 3.85. The highest BCUT2D eigenvalue weighted by molar-refractivity contribution is 9.10. The topological polar surface area (TPSA) is 99.9 Å². The number of rotatable bonds is 4. The third-order valence-corrected chi connectivity index (χ3v) is 4.02. The average Bonchev–Trinajstić information content (AvgIpc) is 3.04. The van der Waals surface area contributed by atoms with Gasteiger partial charge in [0.25, 0.3) is 5.91 Å². The summed E-state index contributed by atoms with van der Waals surface area (Å²) in [4.78, 5) is 24.4. The van der Waals surface area contributed by atoms with E-state index in [1.807, 2.05) is 0 Å². The molecule has 3 rings (SSSR count). The van der Waals surface area contributed by atoms with Crippen molar-refractivity contribution in [1.82, 2.24) is 0 Å². The first-order chi connectivity index (χ1) is 11.9. The molecule has 25 heavy (non-hydrogen) atoms. The molecule has 0 spiro atoms. The number of carbonyl (C=O) groups is 2. The van der Waals surface area contributed by atoms with Crippen molar-refractivity contribution in [2.24, 2.45) is 0 Å². The average molecular weight is 407 g/mol. The highest BCUT2D eigenvalue weighted by atomic mass is 79.9. The van der Waals surface area contributed by atoms with Gasteiger partial charge in [-0.3, -0.25) is 4.79 Å². The Balaban J connectivity index is 1.64. The van der Waals surface area contributed by atoms with Gasteiger partial charge in [-0.2, -0.15) is 0 Å². The van der Waals surface area contributed by atoms with E-state index in [-0.39, 0.29) is 18.0 Å². The van der Waals surface area contributed by atoms with Crippen LogP contribution in [0, 0.1) is 0 Å². The second kappa shape index (κ2) is 7.02. The monoisotopic (exact) mass is 406 g/mol. The van der Waals surface area contributed by atoms with Gasteiger partial charge in [0.2, 0.25) is 6.79 Å². The fourth-order valence-corrected chi connectivity index (χ4v) is 2.56. The molecule has 8 heteroatoms. The lowest BCUT2D eigenvalue weighted by Crippen LogP contribution is -2.30. The molecule has 1 aliphatic heterocycles. The van der Waals surface area contributed by atoms with Crippen molar-refractivity contribution in [3.05, 3.63) is 46.4 Å². The van der Waals surface area contributed by atoms with E-state index in [0.717, 1.165) is 0 Å². The van der Waals surface area contributed by atoms with Gasteiger partial charge in [-0.1, -0.05) is 15.9 Å². The Bertz CT molecular complexity index is 840. The maximum Gasteiger partial charge on any atom is 0.341 e. The Morgan fingerprint density at radius 2 is 1.96 bits per heavy atom. The highest BCUT2D eigenvalue weighted by Gasteiger charge is 2.21. The predicted molar refractivity (Wildman–Crippen MR) is 94.6 cm³/mol. The number of nitrogens with two attached hydrogens (primary N) is 1. The number of fused-ring (bicyclic) bond motifs is 1. The molecule has 0 fully saturated rings. The zero-order valence-electron chi connectivity index (χ0n) is 13.2. The van der Waals surface area contributed by atoms with Crippen LogP contribution in [0.25, 0.3) is 0 Å². The minimum absolute atomic E-state index is 0.148. The summed E-state index contributed by atoms with van der Waals surface area (Å²) in [7, 11) is 0. The molecule has 0 bridgehead atoms. The molecule has 1 atom stereocenters. The number of halogens is 1. The number of nitrogen functional groups attached to an aromatic ring is 1. The summed E-state index contributed by atoms with van der Waals surface area (Å²) in [6.07, 6.45) is -1.00. The van der Waals surface area contributed by atoms with Crippen LogP contribution < -0.4 is 20.5 Å². The predicted octanol–water partition coefficient (Wildman–Crippen LogP) is 2.94. The maximum atomic E-state index is 12.2. The SMILES string of the molecule is C[C@H](OC(=O)c1cc(Br)ccc1N)C(=O)Nc1ccc2c(c1)OCO2. The molecule has 0 unspecified atom stereocenters. The molecule has 1 aliphatic rings. The lowest BCUT2D eigenvalue weighted by molar-refractivity contribution is -0.123. The van der Waals surface area contributed by atoms with Gasteiger partial charge in [0, 0.05) is 21.9 Å². The van der Waals surface area contributed by atoms with Crippen LogP contribution in [0.2, 0.25) is 0 Å². The lowest BCUT2D eigenvalue weighted by atomic mass is 10.2. The van der Waals surface area contributed by atoms with E-state index >= 15 is 0 Å². The number of anilines is 2. The second-order valence-electron chi connectivity index (χ2n) is 5.34. The Morgan fingerprint density at radius 1 is 1.20 bits per heavy atom. The molecule has 1 heterocycles. The van der Waals surface area contributed by atoms with Crippen LogP contribution >= 0.6 is 15.9 Å². The van der Waals surface area contributed by atoms with Gasteiger partial charge in [-0.15, -0.1) is 0 Å². The van der Waals surface area contributed by atoms with Crippen molar-refractivity contribution in [1.29, 1.82) is 0 Å². The summed E-state index contributed by atoms with van der Waals surface area (Å²) in [6.45, 7) is 1.63.